The van der Waals surface area contributed by atoms with Crippen LogP contribution in [-0.4, -0.2) is 47.4 Å². The lowest BCUT2D eigenvalue weighted by Crippen LogP contribution is -2.45. The molecule has 1 amide bonds. The quantitative estimate of drug-likeness (QED) is 0.0327. The van der Waals surface area contributed by atoms with Gasteiger partial charge in [-0.15, -0.1) is 0 Å². The summed E-state index contributed by atoms with van der Waals surface area (Å²) in [4.78, 5) is 24.3. The second kappa shape index (κ2) is 43.8. The number of ether oxygens (including phenoxy) is 1. The van der Waals surface area contributed by atoms with Crippen molar-refractivity contribution in [2.75, 3.05) is 13.2 Å². The molecule has 0 saturated carbocycles. The molecule has 0 aromatic carbocycles. The van der Waals surface area contributed by atoms with Crippen molar-refractivity contribution in [3.8, 4) is 0 Å². The van der Waals surface area contributed by atoms with Crippen LogP contribution in [0.25, 0.3) is 0 Å². The van der Waals surface area contributed by atoms with Crippen LogP contribution in [0.1, 0.15) is 232 Å². The Hall–Kier alpha value is -1.92. The molecule has 54 heavy (non-hydrogen) atoms. The summed E-state index contributed by atoms with van der Waals surface area (Å²) < 4.78 is 5.43. The van der Waals surface area contributed by atoms with Gasteiger partial charge in [0.15, 0.2) is 0 Å². The first-order chi connectivity index (χ1) is 26.5. The number of carbonyl (C=O) groups excluding carboxylic acids is 2. The highest BCUT2D eigenvalue weighted by Gasteiger charge is 2.18. The molecule has 0 aromatic rings. The summed E-state index contributed by atoms with van der Waals surface area (Å²) in [5.41, 5.74) is 0. The molecule has 0 spiro atoms. The van der Waals surface area contributed by atoms with E-state index in [-0.39, 0.29) is 18.5 Å². The van der Waals surface area contributed by atoms with Gasteiger partial charge in [-0.05, 0) is 83.5 Å². The Morgan fingerprint density at radius 1 is 0.500 bits per heavy atom. The van der Waals surface area contributed by atoms with Crippen molar-refractivity contribution in [1.82, 2.24) is 5.32 Å². The summed E-state index contributed by atoms with van der Waals surface area (Å²) in [6.07, 6.45) is 51.4. The van der Waals surface area contributed by atoms with Gasteiger partial charge in [-0.1, -0.05) is 172 Å². The minimum absolute atomic E-state index is 0.0379. The molecular weight excluding hydrogens is 671 g/mol. The van der Waals surface area contributed by atoms with Gasteiger partial charge in [0.05, 0.1) is 25.4 Å². The van der Waals surface area contributed by atoms with Gasteiger partial charge < -0.3 is 20.3 Å². The number of rotatable bonds is 42. The number of carbonyl (C=O) groups is 2. The highest BCUT2D eigenvalue weighted by molar-refractivity contribution is 5.76. The van der Waals surface area contributed by atoms with E-state index in [1.807, 2.05) is 6.08 Å². The van der Waals surface area contributed by atoms with Crippen LogP contribution >= 0.6 is 0 Å². The first-order valence-corrected chi connectivity index (χ1v) is 23.3. The van der Waals surface area contributed by atoms with Crippen LogP contribution < -0.4 is 5.32 Å². The zero-order chi connectivity index (χ0) is 39.4. The van der Waals surface area contributed by atoms with E-state index in [2.05, 4.69) is 43.5 Å². The molecule has 0 fully saturated rings. The first-order valence-electron chi connectivity index (χ1n) is 23.3. The van der Waals surface area contributed by atoms with Gasteiger partial charge in [-0.3, -0.25) is 9.59 Å². The van der Waals surface area contributed by atoms with E-state index in [1.54, 1.807) is 6.08 Å². The Morgan fingerprint density at radius 3 is 1.31 bits per heavy atom. The number of hydrogen-bond donors (Lipinski definition) is 3. The largest absolute Gasteiger partial charge is 0.466 e. The van der Waals surface area contributed by atoms with E-state index >= 15 is 0 Å². The fraction of sp³-hybridized carbons (Fsp3) is 0.833. The van der Waals surface area contributed by atoms with Crippen molar-refractivity contribution >= 4 is 11.9 Å². The van der Waals surface area contributed by atoms with E-state index in [4.69, 9.17) is 4.74 Å². The number of esters is 1. The van der Waals surface area contributed by atoms with Gasteiger partial charge >= 0.3 is 5.97 Å². The molecular formula is C48H89NO5. The standard InChI is InChI=1S/C48H89NO5/c1-3-5-7-9-11-13-14-15-16-17-18-19-22-26-30-34-38-42-48(53)54-43-39-35-31-27-23-20-21-25-29-33-37-41-47(52)49-45(44-50)46(51)40-36-32-28-24-12-10-8-6-4-2/h15-16,23,27,36,40,45-46,50-51H,3-14,17-22,24-26,28-35,37-39,41-44H2,1-2H3,(H,49,52)/b16-15-,27-23-,40-36+. The lowest BCUT2D eigenvalue weighted by Gasteiger charge is -2.20. The minimum atomic E-state index is -0.860. The van der Waals surface area contributed by atoms with Gasteiger partial charge in [-0.2, -0.15) is 0 Å². The SMILES string of the molecule is CCCCCCCC/C=C\CCCCCCCCCC(=O)OCCCC/C=C\CCCCCCCC(=O)NC(CO)C(O)/C=C/CCCCCCCCC. The molecule has 0 rings (SSSR count). The van der Waals surface area contributed by atoms with E-state index in [1.165, 1.54) is 122 Å². The number of aliphatic hydroxyl groups excluding tert-OH is 2. The molecule has 6 heteroatoms. The molecule has 3 N–H and O–H groups in total. The maximum absolute atomic E-state index is 12.3. The smallest absolute Gasteiger partial charge is 0.305 e. The fourth-order valence-corrected chi connectivity index (χ4v) is 6.74. The lowest BCUT2D eigenvalue weighted by molar-refractivity contribution is -0.143. The second-order valence-corrected chi connectivity index (χ2v) is 15.7. The molecule has 0 aromatic heterocycles. The minimum Gasteiger partial charge on any atom is -0.466 e. The van der Waals surface area contributed by atoms with Crippen molar-refractivity contribution in [2.24, 2.45) is 0 Å². The summed E-state index contributed by atoms with van der Waals surface area (Å²) in [7, 11) is 0. The van der Waals surface area contributed by atoms with Gasteiger partial charge in [0, 0.05) is 12.8 Å². The monoisotopic (exact) mass is 760 g/mol. The summed E-state index contributed by atoms with van der Waals surface area (Å²) in [5, 5.41) is 22.8. The third-order valence-corrected chi connectivity index (χ3v) is 10.4. The molecule has 0 heterocycles. The number of nitrogens with one attached hydrogen (secondary N) is 1. The van der Waals surface area contributed by atoms with Crippen molar-refractivity contribution in [3.05, 3.63) is 36.5 Å². The summed E-state index contributed by atoms with van der Waals surface area (Å²) in [6, 6.07) is -0.647. The Balaban J connectivity index is 3.52. The molecule has 0 aliphatic rings. The maximum Gasteiger partial charge on any atom is 0.305 e. The summed E-state index contributed by atoms with van der Waals surface area (Å²) >= 11 is 0. The first kappa shape index (κ1) is 52.1. The van der Waals surface area contributed by atoms with Crippen LogP contribution in [0, 0.1) is 0 Å². The van der Waals surface area contributed by atoms with Gasteiger partial charge in [0.25, 0.3) is 0 Å². The normalized spacial score (nSPS) is 13.0. The van der Waals surface area contributed by atoms with E-state index in [0.29, 0.717) is 19.4 Å². The Kier molecular flexibility index (Phi) is 42.2. The number of allylic oxidation sites excluding steroid dienone is 5. The summed E-state index contributed by atoms with van der Waals surface area (Å²) in [5.74, 6) is -0.139. The molecule has 0 aliphatic heterocycles. The number of unbranched alkanes of at least 4 members (excludes halogenated alkanes) is 27. The molecule has 0 saturated heterocycles. The number of aliphatic hydroxyl groups is 2. The zero-order valence-electron chi connectivity index (χ0n) is 35.7. The average Bonchev–Trinajstić information content (AvgIpc) is 3.17. The van der Waals surface area contributed by atoms with Crippen molar-refractivity contribution in [3.63, 3.8) is 0 Å². The highest BCUT2D eigenvalue weighted by atomic mass is 16.5. The van der Waals surface area contributed by atoms with Crippen molar-refractivity contribution < 1.29 is 24.5 Å². The fourth-order valence-electron chi connectivity index (χ4n) is 6.74. The Bertz CT molecular complexity index is 884. The van der Waals surface area contributed by atoms with Crippen molar-refractivity contribution in [1.29, 1.82) is 0 Å². The van der Waals surface area contributed by atoms with Crippen LogP contribution in [0.4, 0.5) is 0 Å². The van der Waals surface area contributed by atoms with Crippen molar-refractivity contribution in [2.45, 2.75) is 244 Å². The lowest BCUT2D eigenvalue weighted by atomic mass is 10.1. The average molecular weight is 760 g/mol. The molecule has 0 bridgehead atoms. The van der Waals surface area contributed by atoms with Crippen LogP contribution in [0.2, 0.25) is 0 Å². The molecule has 2 atom stereocenters. The third kappa shape index (κ3) is 39.8. The number of amides is 1. The molecule has 2 unspecified atom stereocenters. The van der Waals surface area contributed by atoms with Crippen LogP contribution in [0.3, 0.4) is 0 Å². The second-order valence-electron chi connectivity index (χ2n) is 15.7. The molecule has 0 aliphatic carbocycles. The predicted molar refractivity (Wildman–Crippen MR) is 232 cm³/mol. The van der Waals surface area contributed by atoms with Gasteiger partial charge in [0.1, 0.15) is 0 Å². The molecule has 6 nitrogen and oxygen atoms in total. The molecule has 316 valence electrons. The number of hydrogen-bond acceptors (Lipinski definition) is 5. The summed E-state index contributed by atoms with van der Waals surface area (Å²) in [6.45, 7) is 4.77. The predicted octanol–water partition coefficient (Wildman–Crippen LogP) is 13.3. The van der Waals surface area contributed by atoms with E-state index < -0.39 is 12.1 Å². The van der Waals surface area contributed by atoms with Crippen LogP contribution in [0.15, 0.2) is 36.5 Å². The third-order valence-electron chi connectivity index (χ3n) is 10.4. The Labute approximate surface area is 334 Å². The van der Waals surface area contributed by atoms with E-state index in [9.17, 15) is 19.8 Å². The van der Waals surface area contributed by atoms with Crippen LogP contribution in [0.5, 0.6) is 0 Å². The van der Waals surface area contributed by atoms with Gasteiger partial charge in [0.2, 0.25) is 5.91 Å². The van der Waals surface area contributed by atoms with E-state index in [0.717, 1.165) is 83.5 Å². The topological polar surface area (TPSA) is 95.9 Å². The van der Waals surface area contributed by atoms with Crippen LogP contribution in [-0.2, 0) is 14.3 Å². The van der Waals surface area contributed by atoms with Gasteiger partial charge in [-0.25, -0.2) is 0 Å². The highest BCUT2D eigenvalue weighted by Crippen LogP contribution is 2.13. The maximum atomic E-state index is 12.3. The Morgan fingerprint density at radius 2 is 0.870 bits per heavy atom. The zero-order valence-corrected chi connectivity index (χ0v) is 35.7. The molecule has 0 radical (unpaired) electrons.